The lowest BCUT2D eigenvalue weighted by molar-refractivity contribution is 0.414. The van der Waals surface area contributed by atoms with Gasteiger partial charge in [0, 0.05) is 9.79 Å². The molecule has 0 heterocycles. The highest BCUT2D eigenvalue weighted by atomic mass is 32.2. The predicted octanol–water partition coefficient (Wildman–Crippen LogP) is 5.57. The van der Waals surface area contributed by atoms with E-state index in [1.54, 1.807) is 37.7 Å². The van der Waals surface area contributed by atoms with Gasteiger partial charge in [-0.15, -0.1) is 25.3 Å². The molecule has 0 saturated carbocycles. The number of ether oxygens (including phenoxy) is 2. The maximum Gasteiger partial charge on any atom is 0.118 e. The van der Waals surface area contributed by atoms with Gasteiger partial charge in [0.15, 0.2) is 0 Å². The average Bonchev–Trinajstić information content (AvgIpc) is 2.56. The van der Waals surface area contributed by atoms with E-state index in [0.29, 0.717) is 0 Å². The monoisotopic (exact) mass is 368 g/mol. The van der Waals surface area contributed by atoms with Crippen LogP contribution in [0.4, 0.5) is 0 Å². The summed E-state index contributed by atoms with van der Waals surface area (Å²) < 4.78 is 12.0. The fourth-order valence-electron chi connectivity index (χ4n) is 1.60. The molecule has 0 N–H and O–H groups in total. The van der Waals surface area contributed by atoms with Crippen molar-refractivity contribution in [2.24, 2.45) is 0 Å². The zero-order valence-electron chi connectivity index (χ0n) is 12.1. The summed E-state index contributed by atoms with van der Waals surface area (Å²) in [6.45, 7) is 0. The smallest absolute Gasteiger partial charge is 0.118 e. The molecule has 0 bridgehead atoms. The molecule has 0 aliphatic heterocycles. The average molecular weight is 369 g/mol. The fourth-order valence-corrected chi connectivity index (χ4v) is 3.92. The normalized spacial score (nSPS) is 11.8. The molecule has 0 amide bonds. The van der Waals surface area contributed by atoms with Gasteiger partial charge in [-0.25, -0.2) is 0 Å². The van der Waals surface area contributed by atoms with Gasteiger partial charge in [0.1, 0.15) is 11.5 Å². The summed E-state index contributed by atoms with van der Waals surface area (Å²) in [5.41, 5.74) is 0. The highest BCUT2D eigenvalue weighted by Gasteiger charge is 2.05. The number of methoxy groups -OCH3 is 2. The Balaban J connectivity index is 2.03. The van der Waals surface area contributed by atoms with Gasteiger partial charge in [-0.05, 0) is 48.5 Å². The zero-order valence-corrected chi connectivity index (χ0v) is 15.6. The lowest BCUT2D eigenvalue weighted by Gasteiger charge is -2.07. The van der Waals surface area contributed by atoms with Gasteiger partial charge in [0.2, 0.25) is 0 Å². The summed E-state index contributed by atoms with van der Waals surface area (Å²) >= 11 is 12.2. The molecular weight excluding hydrogens is 352 g/mol. The van der Waals surface area contributed by atoms with Crippen LogP contribution in [0.3, 0.4) is 0 Å². The van der Waals surface area contributed by atoms with Crippen molar-refractivity contribution in [1.82, 2.24) is 0 Å². The summed E-state index contributed by atoms with van der Waals surface area (Å²) in [6.07, 6.45) is 0. The second-order valence-electron chi connectivity index (χ2n) is 4.17. The van der Waals surface area contributed by atoms with Gasteiger partial charge in [-0.1, -0.05) is 23.5 Å². The molecule has 6 heteroatoms. The molecule has 2 aromatic carbocycles. The highest BCUT2D eigenvalue weighted by molar-refractivity contribution is 8.21. The van der Waals surface area contributed by atoms with E-state index in [-0.39, 0.29) is 0 Å². The number of thiol groups is 2. The van der Waals surface area contributed by atoms with E-state index in [1.165, 1.54) is 0 Å². The van der Waals surface area contributed by atoms with E-state index in [0.717, 1.165) is 29.8 Å². The van der Waals surface area contributed by atoms with Crippen LogP contribution in [-0.2, 0) is 0 Å². The Morgan fingerprint density at radius 2 is 1.00 bits per heavy atom. The van der Waals surface area contributed by atoms with Crippen LogP contribution in [0, 0.1) is 0 Å². The maximum absolute atomic E-state index is 5.15. The molecule has 0 aliphatic rings. The Labute approximate surface area is 150 Å². The Morgan fingerprint density at radius 1 is 0.682 bits per heavy atom. The Kier molecular flexibility index (Phi) is 6.95. The summed E-state index contributed by atoms with van der Waals surface area (Å²) in [7, 11) is 3.31. The molecule has 0 aliphatic carbocycles. The molecule has 0 saturated heterocycles. The van der Waals surface area contributed by atoms with Crippen molar-refractivity contribution in [2.75, 3.05) is 14.2 Å². The minimum atomic E-state index is 0.841. The van der Waals surface area contributed by atoms with Crippen LogP contribution in [0.25, 0.3) is 0 Å². The first-order chi connectivity index (χ1) is 10.6. The van der Waals surface area contributed by atoms with Gasteiger partial charge in [0.25, 0.3) is 0 Å². The number of rotatable bonds is 6. The van der Waals surface area contributed by atoms with E-state index in [4.69, 9.17) is 9.47 Å². The second kappa shape index (κ2) is 8.72. The molecule has 0 atom stereocenters. The summed E-state index contributed by atoms with van der Waals surface area (Å²) in [5.74, 6) is 1.68. The van der Waals surface area contributed by atoms with Crippen molar-refractivity contribution < 1.29 is 9.47 Å². The quantitative estimate of drug-likeness (QED) is 0.512. The second-order valence-corrected chi connectivity index (χ2v) is 7.83. The van der Waals surface area contributed by atoms with Crippen LogP contribution < -0.4 is 9.47 Å². The number of benzene rings is 2. The first kappa shape index (κ1) is 17.5. The van der Waals surface area contributed by atoms with Gasteiger partial charge < -0.3 is 9.47 Å². The van der Waals surface area contributed by atoms with Crippen LogP contribution in [-0.4, -0.2) is 14.2 Å². The van der Waals surface area contributed by atoms with Crippen molar-refractivity contribution in [3.63, 3.8) is 0 Å². The zero-order chi connectivity index (χ0) is 15.9. The minimum absolute atomic E-state index is 0.841. The van der Waals surface area contributed by atoms with Gasteiger partial charge in [-0.3, -0.25) is 0 Å². The predicted molar refractivity (Wildman–Crippen MR) is 103 cm³/mol. The Bertz CT molecular complexity index is 579. The summed E-state index contributed by atoms with van der Waals surface area (Å²) in [4.78, 5) is 2.18. The van der Waals surface area contributed by atoms with Crippen LogP contribution in [0.5, 0.6) is 11.5 Å². The van der Waals surface area contributed by atoms with Crippen molar-refractivity contribution in [2.45, 2.75) is 9.79 Å². The Hall–Kier alpha value is -0.820. The van der Waals surface area contributed by atoms with Crippen LogP contribution in [0.15, 0.2) is 66.8 Å². The molecule has 0 unspecified atom stereocenters. The van der Waals surface area contributed by atoms with Gasteiger partial charge >= 0.3 is 0 Å². The molecular formula is C16H16O2S4. The summed E-state index contributed by atoms with van der Waals surface area (Å²) in [6, 6.07) is 15.7. The number of hydrogen-bond donors (Lipinski definition) is 2. The van der Waals surface area contributed by atoms with Crippen LogP contribution in [0.2, 0.25) is 0 Å². The molecule has 116 valence electrons. The van der Waals surface area contributed by atoms with E-state index >= 15 is 0 Å². The molecule has 0 radical (unpaired) electrons. The lowest BCUT2D eigenvalue weighted by atomic mass is 10.3. The minimum Gasteiger partial charge on any atom is -0.497 e. The van der Waals surface area contributed by atoms with Crippen LogP contribution in [0.1, 0.15) is 0 Å². The van der Waals surface area contributed by atoms with Crippen LogP contribution >= 0.6 is 48.8 Å². The lowest BCUT2D eigenvalue weighted by Crippen LogP contribution is -1.82. The third-order valence-corrected chi connectivity index (χ3v) is 6.14. The van der Waals surface area contributed by atoms with E-state index in [1.807, 2.05) is 48.5 Å². The van der Waals surface area contributed by atoms with Gasteiger partial charge in [-0.2, -0.15) is 0 Å². The topological polar surface area (TPSA) is 18.5 Å². The molecule has 0 aromatic heterocycles. The molecule has 22 heavy (non-hydrogen) atoms. The van der Waals surface area contributed by atoms with E-state index < -0.39 is 0 Å². The first-order valence-electron chi connectivity index (χ1n) is 6.38. The van der Waals surface area contributed by atoms with Crippen molar-refractivity contribution in [3.8, 4) is 11.5 Å². The van der Waals surface area contributed by atoms with Gasteiger partial charge in [0.05, 0.1) is 22.7 Å². The largest absolute Gasteiger partial charge is 0.497 e. The van der Waals surface area contributed by atoms with Crippen molar-refractivity contribution in [1.29, 1.82) is 0 Å². The fraction of sp³-hybridized carbons (Fsp3) is 0.125. The molecule has 2 nitrogen and oxygen atoms in total. The third-order valence-electron chi connectivity index (χ3n) is 2.73. The third kappa shape index (κ3) is 5.12. The Morgan fingerprint density at radius 3 is 1.27 bits per heavy atom. The molecule has 2 rings (SSSR count). The highest BCUT2D eigenvalue weighted by Crippen LogP contribution is 2.40. The van der Waals surface area contributed by atoms with E-state index in [9.17, 15) is 0 Å². The van der Waals surface area contributed by atoms with Crippen molar-refractivity contribution >= 4 is 48.8 Å². The standard InChI is InChI=1S/C16H16O2S4/c1-17-11-3-7-13(8-4-11)21-15(19)16(20)22-14-9-5-12(18-2)6-10-14/h3-10,19-20H,1-2H3. The summed E-state index contributed by atoms with van der Waals surface area (Å²) in [5, 5.41) is 0. The number of thioether (sulfide) groups is 2. The number of hydrogen-bond acceptors (Lipinski definition) is 6. The SMILES string of the molecule is COc1ccc(SC(S)=C(S)Sc2ccc(OC)cc2)cc1. The maximum atomic E-state index is 5.15. The molecule has 2 aromatic rings. The van der Waals surface area contributed by atoms with E-state index in [2.05, 4.69) is 25.3 Å². The first-order valence-corrected chi connectivity index (χ1v) is 8.91. The van der Waals surface area contributed by atoms with Crippen molar-refractivity contribution in [3.05, 3.63) is 57.0 Å². The molecule has 0 fully saturated rings. The molecule has 0 spiro atoms.